The van der Waals surface area contributed by atoms with Crippen molar-refractivity contribution in [2.24, 2.45) is 11.1 Å². The van der Waals surface area contributed by atoms with Gasteiger partial charge in [0.1, 0.15) is 17.6 Å². The second-order valence-corrected chi connectivity index (χ2v) is 6.96. The van der Waals surface area contributed by atoms with E-state index in [2.05, 4.69) is 19.9 Å². The molecule has 25 heavy (non-hydrogen) atoms. The molecular weight excluding hydrogens is 318 g/mol. The summed E-state index contributed by atoms with van der Waals surface area (Å²) in [7, 11) is 3.29. The second kappa shape index (κ2) is 6.31. The molecule has 0 aliphatic heterocycles. The lowest BCUT2D eigenvalue weighted by Gasteiger charge is -2.26. The Labute approximate surface area is 147 Å². The van der Waals surface area contributed by atoms with Gasteiger partial charge in [-0.05, 0) is 41.3 Å². The molecule has 1 aliphatic carbocycles. The molecule has 3 rings (SSSR count). The molecule has 0 radical (unpaired) electrons. The average molecular weight is 341 g/mol. The Kier molecular flexibility index (Phi) is 4.33. The molecule has 0 saturated carbocycles. The number of carbonyl (C=O) groups excluding carboxylic acids is 1. The molecule has 132 valence electrons. The summed E-state index contributed by atoms with van der Waals surface area (Å²) >= 11 is 0. The lowest BCUT2D eigenvalue weighted by molar-refractivity contribution is 0.0392. The monoisotopic (exact) mass is 341 g/mol. The van der Waals surface area contributed by atoms with E-state index in [1.807, 2.05) is 30.3 Å². The topological polar surface area (TPSA) is 70.8 Å². The molecule has 1 aliphatic rings. The van der Waals surface area contributed by atoms with Gasteiger partial charge in [-0.25, -0.2) is 4.79 Å². The Bertz CT molecular complexity index is 813. The Balaban J connectivity index is 2.05. The van der Waals surface area contributed by atoms with Gasteiger partial charge in [0, 0.05) is 11.0 Å². The van der Waals surface area contributed by atoms with Crippen molar-refractivity contribution >= 4 is 6.09 Å². The molecule has 0 fully saturated rings. The summed E-state index contributed by atoms with van der Waals surface area (Å²) in [6, 6.07) is 11.9. The fourth-order valence-corrected chi connectivity index (χ4v) is 3.57. The minimum absolute atomic E-state index is 0.200. The summed E-state index contributed by atoms with van der Waals surface area (Å²) < 4.78 is 16.2. The van der Waals surface area contributed by atoms with Gasteiger partial charge in [-0.1, -0.05) is 32.0 Å². The maximum atomic E-state index is 11.3. The lowest BCUT2D eigenvalue weighted by Crippen LogP contribution is -2.25. The van der Waals surface area contributed by atoms with Crippen molar-refractivity contribution in [1.29, 1.82) is 0 Å². The van der Waals surface area contributed by atoms with Crippen LogP contribution in [0.5, 0.6) is 11.5 Å². The molecule has 1 atom stereocenters. The summed E-state index contributed by atoms with van der Waals surface area (Å²) in [4.78, 5) is 11.3. The number of ether oxygens (including phenoxy) is 3. The smallest absolute Gasteiger partial charge is 0.405 e. The van der Waals surface area contributed by atoms with Crippen LogP contribution in [0.4, 0.5) is 4.79 Å². The molecular formula is C20H23NO4. The predicted molar refractivity (Wildman–Crippen MR) is 95.9 cm³/mol. The number of benzene rings is 2. The van der Waals surface area contributed by atoms with E-state index in [1.54, 1.807) is 14.2 Å². The third-order valence-corrected chi connectivity index (χ3v) is 4.73. The third kappa shape index (κ3) is 3.14. The molecule has 0 saturated heterocycles. The van der Waals surface area contributed by atoms with Gasteiger partial charge < -0.3 is 19.9 Å². The van der Waals surface area contributed by atoms with Crippen LogP contribution in [-0.2, 0) is 11.2 Å². The number of carbonyl (C=O) groups is 1. The van der Waals surface area contributed by atoms with Crippen LogP contribution in [0.15, 0.2) is 36.4 Å². The zero-order valence-electron chi connectivity index (χ0n) is 15.0. The molecule has 2 aromatic rings. The normalized spacial score (nSPS) is 17.7. The fourth-order valence-electron chi connectivity index (χ4n) is 3.57. The van der Waals surface area contributed by atoms with E-state index in [9.17, 15) is 4.79 Å². The highest BCUT2D eigenvalue weighted by molar-refractivity contribution is 5.73. The molecule has 2 aromatic carbocycles. The summed E-state index contributed by atoms with van der Waals surface area (Å²) in [5.74, 6) is 1.55. The van der Waals surface area contributed by atoms with Crippen molar-refractivity contribution in [2.45, 2.75) is 26.4 Å². The van der Waals surface area contributed by atoms with Gasteiger partial charge in [-0.3, -0.25) is 0 Å². The van der Waals surface area contributed by atoms with Crippen LogP contribution in [0.1, 0.15) is 31.1 Å². The zero-order chi connectivity index (χ0) is 18.2. The third-order valence-electron chi connectivity index (χ3n) is 4.73. The number of hydrogen-bond donors (Lipinski definition) is 1. The average Bonchev–Trinajstić information content (AvgIpc) is 2.83. The Hall–Kier alpha value is -2.69. The quantitative estimate of drug-likeness (QED) is 0.909. The van der Waals surface area contributed by atoms with Crippen molar-refractivity contribution in [2.75, 3.05) is 14.2 Å². The first-order valence-corrected chi connectivity index (χ1v) is 8.17. The van der Waals surface area contributed by atoms with Gasteiger partial charge in [0.05, 0.1) is 14.2 Å². The molecule has 1 unspecified atom stereocenters. The standard InChI is InChI=1S/C20H23NO4/c1-20(2)11-13-9-12(5-7-15(13)18(20)25-19(21)22)16-10-14(23-3)6-8-17(16)24-4/h5-10,18H,11H2,1-4H3,(H2,21,22). The van der Waals surface area contributed by atoms with Gasteiger partial charge in [-0.2, -0.15) is 0 Å². The zero-order valence-corrected chi connectivity index (χ0v) is 15.0. The first-order valence-electron chi connectivity index (χ1n) is 8.17. The van der Waals surface area contributed by atoms with Gasteiger partial charge in [0.25, 0.3) is 0 Å². The number of methoxy groups -OCH3 is 2. The molecule has 0 spiro atoms. The van der Waals surface area contributed by atoms with Crippen LogP contribution in [-0.4, -0.2) is 20.3 Å². The van der Waals surface area contributed by atoms with Crippen LogP contribution in [0.2, 0.25) is 0 Å². The van der Waals surface area contributed by atoms with Crippen LogP contribution < -0.4 is 15.2 Å². The summed E-state index contributed by atoms with van der Waals surface area (Å²) in [6.07, 6.45) is -0.272. The van der Waals surface area contributed by atoms with E-state index >= 15 is 0 Å². The molecule has 5 nitrogen and oxygen atoms in total. The molecule has 0 heterocycles. The summed E-state index contributed by atoms with van der Waals surface area (Å²) in [6.45, 7) is 4.15. The fraction of sp³-hybridized carbons (Fsp3) is 0.350. The predicted octanol–water partition coefficient (Wildman–Crippen LogP) is 4.09. The van der Waals surface area contributed by atoms with Crippen LogP contribution in [0.25, 0.3) is 11.1 Å². The number of primary amides is 1. The highest BCUT2D eigenvalue weighted by Crippen LogP contribution is 2.48. The highest BCUT2D eigenvalue weighted by atomic mass is 16.6. The van der Waals surface area contributed by atoms with Crippen LogP contribution in [0.3, 0.4) is 0 Å². The van der Waals surface area contributed by atoms with Crippen molar-refractivity contribution < 1.29 is 19.0 Å². The molecule has 2 N–H and O–H groups in total. The minimum atomic E-state index is -0.746. The van der Waals surface area contributed by atoms with E-state index in [-0.39, 0.29) is 11.5 Å². The number of fused-ring (bicyclic) bond motifs is 1. The van der Waals surface area contributed by atoms with Gasteiger partial charge in [-0.15, -0.1) is 0 Å². The van der Waals surface area contributed by atoms with Crippen molar-refractivity contribution in [3.05, 3.63) is 47.5 Å². The SMILES string of the molecule is COc1ccc(OC)c(-c2ccc3c(c2)CC(C)(C)C3OC(N)=O)c1. The van der Waals surface area contributed by atoms with E-state index in [1.165, 1.54) is 0 Å². The van der Waals surface area contributed by atoms with E-state index in [4.69, 9.17) is 19.9 Å². The highest BCUT2D eigenvalue weighted by Gasteiger charge is 2.41. The number of amides is 1. The van der Waals surface area contributed by atoms with E-state index < -0.39 is 6.09 Å². The van der Waals surface area contributed by atoms with Crippen molar-refractivity contribution in [1.82, 2.24) is 0 Å². The van der Waals surface area contributed by atoms with Crippen LogP contribution >= 0.6 is 0 Å². The largest absolute Gasteiger partial charge is 0.497 e. The summed E-state index contributed by atoms with van der Waals surface area (Å²) in [5.41, 5.74) is 9.20. The molecule has 0 bridgehead atoms. The molecule has 0 aromatic heterocycles. The maximum absolute atomic E-state index is 11.3. The van der Waals surface area contributed by atoms with Crippen molar-refractivity contribution in [3.8, 4) is 22.6 Å². The number of nitrogens with two attached hydrogens (primary N) is 1. The molecule has 5 heteroatoms. The number of hydrogen-bond acceptors (Lipinski definition) is 4. The molecule has 1 amide bonds. The minimum Gasteiger partial charge on any atom is -0.497 e. The summed E-state index contributed by atoms with van der Waals surface area (Å²) in [5, 5.41) is 0. The number of rotatable bonds is 4. The first kappa shape index (κ1) is 17.1. The van der Waals surface area contributed by atoms with Gasteiger partial charge in [0.15, 0.2) is 0 Å². The van der Waals surface area contributed by atoms with E-state index in [0.717, 1.165) is 40.2 Å². The first-order chi connectivity index (χ1) is 11.9. The van der Waals surface area contributed by atoms with Crippen molar-refractivity contribution in [3.63, 3.8) is 0 Å². The Morgan fingerprint density at radius 3 is 2.52 bits per heavy atom. The van der Waals surface area contributed by atoms with Crippen LogP contribution in [0, 0.1) is 5.41 Å². The Morgan fingerprint density at radius 1 is 1.12 bits per heavy atom. The lowest BCUT2D eigenvalue weighted by atomic mass is 9.87. The van der Waals surface area contributed by atoms with Gasteiger partial charge in [0.2, 0.25) is 0 Å². The Morgan fingerprint density at radius 2 is 1.88 bits per heavy atom. The maximum Gasteiger partial charge on any atom is 0.405 e. The van der Waals surface area contributed by atoms with E-state index in [0.29, 0.717) is 0 Å². The second-order valence-electron chi connectivity index (χ2n) is 6.96. The van der Waals surface area contributed by atoms with Gasteiger partial charge >= 0.3 is 6.09 Å².